The summed E-state index contributed by atoms with van der Waals surface area (Å²) < 4.78 is 0. The van der Waals surface area contributed by atoms with Crippen molar-refractivity contribution in [3.63, 3.8) is 0 Å². The average Bonchev–Trinajstić information content (AvgIpc) is 2.83. The van der Waals surface area contributed by atoms with Crippen molar-refractivity contribution in [1.82, 2.24) is 30.3 Å². The summed E-state index contributed by atoms with van der Waals surface area (Å²) in [5.41, 5.74) is 3.06. The van der Waals surface area contributed by atoms with Gasteiger partial charge in [-0.2, -0.15) is 15.0 Å². The van der Waals surface area contributed by atoms with E-state index in [1.165, 1.54) is 4.80 Å². The van der Waals surface area contributed by atoms with Crippen molar-refractivity contribution >= 4 is 5.91 Å². The van der Waals surface area contributed by atoms with Crippen LogP contribution >= 0.6 is 0 Å². The van der Waals surface area contributed by atoms with Crippen molar-refractivity contribution in [1.29, 1.82) is 0 Å². The van der Waals surface area contributed by atoms with Gasteiger partial charge in [-0.05, 0) is 6.92 Å². The lowest BCUT2D eigenvalue weighted by molar-refractivity contribution is 0.0961. The lowest BCUT2D eigenvalue weighted by Gasteiger charge is -1.98. The largest absolute Gasteiger partial charge is 0.345 e. The third kappa shape index (κ3) is 1.47. The molecule has 86 valence electrons. The Morgan fingerprint density at radius 3 is 2.88 bits per heavy atom. The Bertz CT molecular complexity index is 617. The van der Waals surface area contributed by atoms with E-state index in [0.29, 0.717) is 29.3 Å². The molecular weight excluding hydrogens is 220 g/mol. The minimum Gasteiger partial charge on any atom is -0.345 e. The summed E-state index contributed by atoms with van der Waals surface area (Å²) in [4.78, 5) is 21.5. The monoisotopic (exact) mass is 230 g/mol. The molecule has 3 heterocycles. The van der Waals surface area contributed by atoms with Crippen LogP contribution in [0.25, 0.3) is 11.4 Å². The van der Waals surface area contributed by atoms with Crippen LogP contribution in [-0.2, 0) is 13.6 Å². The molecule has 7 nitrogen and oxygen atoms in total. The van der Waals surface area contributed by atoms with Gasteiger partial charge in [-0.15, -0.1) is 0 Å². The number of fused-ring (bicyclic) bond motifs is 1. The van der Waals surface area contributed by atoms with Crippen molar-refractivity contribution in [3.05, 3.63) is 23.3 Å². The fraction of sp³-hybridized carbons (Fsp3) is 0.300. The van der Waals surface area contributed by atoms with Crippen LogP contribution in [0.2, 0.25) is 0 Å². The summed E-state index contributed by atoms with van der Waals surface area (Å²) in [6, 6.07) is 0. The highest BCUT2D eigenvalue weighted by atomic mass is 16.2. The molecule has 0 saturated heterocycles. The summed E-state index contributed by atoms with van der Waals surface area (Å²) in [5.74, 6) is -0.184. The van der Waals surface area contributed by atoms with E-state index >= 15 is 0 Å². The smallest absolute Gasteiger partial charge is 0.272 e. The van der Waals surface area contributed by atoms with Gasteiger partial charge in [0.05, 0.1) is 24.1 Å². The van der Waals surface area contributed by atoms with Crippen LogP contribution < -0.4 is 5.32 Å². The molecule has 0 aromatic carbocycles. The maximum atomic E-state index is 11.5. The Hall–Kier alpha value is -2.31. The Labute approximate surface area is 96.9 Å². The van der Waals surface area contributed by atoms with Crippen molar-refractivity contribution < 1.29 is 4.79 Å². The zero-order chi connectivity index (χ0) is 12.0. The Morgan fingerprint density at radius 2 is 2.18 bits per heavy atom. The van der Waals surface area contributed by atoms with Gasteiger partial charge in [0.25, 0.3) is 5.91 Å². The van der Waals surface area contributed by atoms with Gasteiger partial charge in [0.2, 0.25) is 0 Å². The molecule has 17 heavy (non-hydrogen) atoms. The van der Waals surface area contributed by atoms with E-state index in [-0.39, 0.29) is 5.91 Å². The molecule has 1 amide bonds. The molecule has 0 saturated carbocycles. The van der Waals surface area contributed by atoms with Gasteiger partial charge in [-0.3, -0.25) is 9.78 Å². The minimum atomic E-state index is -0.184. The van der Waals surface area contributed by atoms with E-state index in [1.54, 1.807) is 13.2 Å². The fourth-order valence-corrected chi connectivity index (χ4v) is 1.83. The van der Waals surface area contributed by atoms with Crippen molar-refractivity contribution in [2.75, 3.05) is 0 Å². The van der Waals surface area contributed by atoms with Gasteiger partial charge in [0, 0.05) is 7.05 Å². The first-order valence-corrected chi connectivity index (χ1v) is 5.17. The molecule has 0 aliphatic carbocycles. The second kappa shape index (κ2) is 3.34. The molecule has 2 aromatic rings. The van der Waals surface area contributed by atoms with Crippen LogP contribution in [0.5, 0.6) is 0 Å². The molecule has 1 aliphatic rings. The Morgan fingerprint density at radius 1 is 1.35 bits per heavy atom. The van der Waals surface area contributed by atoms with Crippen LogP contribution in [0, 0.1) is 6.92 Å². The first-order valence-electron chi connectivity index (χ1n) is 5.17. The SMILES string of the molecule is Cc1nn(C)nc1-c1cnc2c(n1)C(=O)NC2. The molecule has 7 heteroatoms. The molecule has 2 aromatic heterocycles. The Balaban J connectivity index is 2.14. The number of carbonyl (C=O) groups excluding carboxylic acids is 1. The average molecular weight is 230 g/mol. The predicted octanol–water partition coefficient (Wildman–Crippen LogP) is -0.176. The van der Waals surface area contributed by atoms with E-state index in [4.69, 9.17) is 0 Å². The number of aryl methyl sites for hydroxylation is 2. The first-order chi connectivity index (χ1) is 8.15. The molecule has 0 unspecified atom stereocenters. The Kier molecular flexibility index (Phi) is 1.94. The van der Waals surface area contributed by atoms with Crippen molar-refractivity contribution in [2.45, 2.75) is 13.5 Å². The first kappa shape index (κ1) is 9.88. The second-order valence-corrected chi connectivity index (χ2v) is 3.86. The van der Waals surface area contributed by atoms with Crippen LogP contribution in [0.15, 0.2) is 6.20 Å². The highest BCUT2D eigenvalue weighted by Crippen LogP contribution is 2.19. The maximum absolute atomic E-state index is 11.5. The van der Waals surface area contributed by atoms with Gasteiger partial charge in [-0.25, -0.2) is 4.98 Å². The molecule has 1 aliphatic heterocycles. The molecule has 0 atom stereocenters. The summed E-state index contributed by atoms with van der Waals surface area (Å²) in [6.45, 7) is 2.29. The van der Waals surface area contributed by atoms with Crippen LogP contribution in [0.1, 0.15) is 21.9 Å². The molecular formula is C10H10N6O. The molecule has 0 fully saturated rings. The minimum absolute atomic E-state index is 0.184. The van der Waals surface area contributed by atoms with Crippen LogP contribution in [-0.4, -0.2) is 30.9 Å². The predicted molar refractivity (Wildman–Crippen MR) is 57.9 cm³/mol. The molecule has 0 radical (unpaired) electrons. The summed E-state index contributed by atoms with van der Waals surface area (Å²) in [5, 5.41) is 11.0. The van der Waals surface area contributed by atoms with Crippen molar-refractivity contribution in [3.8, 4) is 11.4 Å². The lowest BCUT2D eigenvalue weighted by atomic mass is 10.2. The van der Waals surface area contributed by atoms with E-state index in [1.807, 2.05) is 6.92 Å². The topological polar surface area (TPSA) is 85.6 Å². The van der Waals surface area contributed by atoms with E-state index in [2.05, 4.69) is 25.5 Å². The third-order valence-corrected chi connectivity index (χ3v) is 2.60. The quantitative estimate of drug-likeness (QED) is 0.734. The van der Waals surface area contributed by atoms with Gasteiger partial charge < -0.3 is 5.32 Å². The van der Waals surface area contributed by atoms with Gasteiger partial charge in [0.1, 0.15) is 11.4 Å². The van der Waals surface area contributed by atoms with Gasteiger partial charge in [-0.1, -0.05) is 0 Å². The number of carbonyl (C=O) groups is 1. The summed E-state index contributed by atoms with van der Waals surface area (Å²) >= 11 is 0. The lowest BCUT2D eigenvalue weighted by Crippen LogP contribution is -2.13. The highest BCUT2D eigenvalue weighted by Gasteiger charge is 2.23. The zero-order valence-electron chi connectivity index (χ0n) is 9.43. The standard InChI is InChI=1S/C10H10N6O/c1-5-8(15-16(2)14-5)7-4-11-6-3-12-10(17)9(6)13-7/h4H,3H2,1-2H3,(H,12,17). The van der Waals surface area contributed by atoms with E-state index in [9.17, 15) is 4.79 Å². The number of nitrogens with one attached hydrogen (secondary N) is 1. The van der Waals surface area contributed by atoms with Gasteiger partial charge in [0.15, 0.2) is 5.69 Å². The molecule has 3 rings (SSSR count). The third-order valence-electron chi connectivity index (χ3n) is 2.60. The number of rotatable bonds is 1. The molecule has 1 N–H and O–H groups in total. The highest BCUT2D eigenvalue weighted by molar-refractivity contribution is 5.96. The summed E-state index contributed by atoms with van der Waals surface area (Å²) in [7, 11) is 1.74. The van der Waals surface area contributed by atoms with Crippen molar-refractivity contribution in [2.24, 2.45) is 7.05 Å². The van der Waals surface area contributed by atoms with Crippen LogP contribution in [0.3, 0.4) is 0 Å². The normalized spacial score (nSPS) is 13.6. The number of hydrogen-bond donors (Lipinski definition) is 1. The number of amides is 1. The molecule has 0 bridgehead atoms. The maximum Gasteiger partial charge on any atom is 0.272 e. The van der Waals surface area contributed by atoms with Gasteiger partial charge >= 0.3 is 0 Å². The number of nitrogens with zero attached hydrogens (tertiary/aromatic N) is 5. The molecule has 0 spiro atoms. The second-order valence-electron chi connectivity index (χ2n) is 3.86. The fourth-order valence-electron chi connectivity index (χ4n) is 1.83. The number of aromatic nitrogens is 5. The number of hydrogen-bond acceptors (Lipinski definition) is 5. The summed E-state index contributed by atoms with van der Waals surface area (Å²) in [6.07, 6.45) is 1.62. The van der Waals surface area contributed by atoms with E-state index < -0.39 is 0 Å². The van der Waals surface area contributed by atoms with Crippen LogP contribution in [0.4, 0.5) is 0 Å². The zero-order valence-corrected chi connectivity index (χ0v) is 9.43. The van der Waals surface area contributed by atoms with E-state index in [0.717, 1.165) is 5.69 Å².